The van der Waals surface area contributed by atoms with Crippen LogP contribution < -0.4 is 4.74 Å². The Hall–Kier alpha value is -3.41. The van der Waals surface area contributed by atoms with E-state index in [2.05, 4.69) is 6.58 Å². The fourth-order valence-electron chi connectivity index (χ4n) is 2.41. The standard InChI is InChI=1S/C19H15NO5/c1-2-11-24-14-9-7-13(8-10-14)12-17(21)25-20-18(22)15-5-3-4-6-16(15)19(20)23/h2-10H,1,11-12H2. The molecule has 2 aromatic rings. The third-order valence-corrected chi connectivity index (χ3v) is 3.59. The van der Waals surface area contributed by atoms with E-state index in [1.165, 1.54) is 12.1 Å². The SMILES string of the molecule is C=CCOc1ccc(CC(=O)ON2C(=O)c3ccccc3C2=O)cc1. The lowest BCUT2D eigenvalue weighted by atomic mass is 10.1. The van der Waals surface area contributed by atoms with Gasteiger partial charge in [0.1, 0.15) is 12.4 Å². The average molecular weight is 337 g/mol. The molecule has 0 aliphatic carbocycles. The van der Waals surface area contributed by atoms with Gasteiger partial charge in [0.25, 0.3) is 11.8 Å². The van der Waals surface area contributed by atoms with Crippen LogP contribution in [0.3, 0.4) is 0 Å². The van der Waals surface area contributed by atoms with Gasteiger partial charge < -0.3 is 9.57 Å². The number of carbonyl (C=O) groups excluding carboxylic acids is 3. The van der Waals surface area contributed by atoms with E-state index in [1.54, 1.807) is 42.5 Å². The molecule has 0 atom stereocenters. The molecular weight excluding hydrogens is 322 g/mol. The van der Waals surface area contributed by atoms with Gasteiger partial charge in [-0.05, 0) is 29.8 Å². The molecule has 0 unspecified atom stereocenters. The molecule has 0 fully saturated rings. The fourth-order valence-corrected chi connectivity index (χ4v) is 2.41. The number of hydrogen-bond acceptors (Lipinski definition) is 5. The molecule has 0 bridgehead atoms. The topological polar surface area (TPSA) is 72.9 Å². The second kappa shape index (κ2) is 7.00. The maximum atomic E-state index is 12.1. The van der Waals surface area contributed by atoms with Crippen LogP contribution in [0.25, 0.3) is 0 Å². The van der Waals surface area contributed by atoms with Crippen LogP contribution in [0.2, 0.25) is 0 Å². The lowest BCUT2D eigenvalue weighted by Gasteiger charge is -2.12. The normalized spacial score (nSPS) is 12.7. The number of ether oxygens (including phenoxy) is 1. The smallest absolute Gasteiger partial charge is 0.337 e. The molecule has 0 saturated heterocycles. The number of amides is 2. The van der Waals surface area contributed by atoms with Gasteiger partial charge in [0.05, 0.1) is 17.5 Å². The van der Waals surface area contributed by atoms with Crippen molar-refractivity contribution in [3.8, 4) is 5.75 Å². The van der Waals surface area contributed by atoms with Crippen molar-refractivity contribution in [2.75, 3.05) is 6.61 Å². The van der Waals surface area contributed by atoms with E-state index < -0.39 is 17.8 Å². The molecule has 0 spiro atoms. The van der Waals surface area contributed by atoms with E-state index in [0.717, 1.165) is 0 Å². The Bertz CT molecular complexity index is 806. The molecule has 2 amide bonds. The number of hydrogen-bond donors (Lipinski definition) is 0. The van der Waals surface area contributed by atoms with Gasteiger partial charge in [-0.1, -0.05) is 42.0 Å². The molecule has 6 nitrogen and oxygen atoms in total. The number of nitrogens with zero attached hydrogens (tertiary/aromatic N) is 1. The van der Waals surface area contributed by atoms with Crippen molar-refractivity contribution in [1.82, 2.24) is 5.06 Å². The first-order valence-corrected chi connectivity index (χ1v) is 7.61. The minimum atomic E-state index is -0.700. The summed E-state index contributed by atoms with van der Waals surface area (Å²) in [5.41, 5.74) is 1.13. The van der Waals surface area contributed by atoms with Crippen molar-refractivity contribution in [3.63, 3.8) is 0 Å². The molecule has 126 valence electrons. The van der Waals surface area contributed by atoms with Crippen molar-refractivity contribution in [1.29, 1.82) is 0 Å². The van der Waals surface area contributed by atoms with Gasteiger partial charge in [-0.25, -0.2) is 4.79 Å². The van der Waals surface area contributed by atoms with Crippen LogP contribution in [0.15, 0.2) is 61.2 Å². The zero-order valence-corrected chi connectivity index (χ0v) is 13.3. The number of carbonyl (C=O) groups is 3. The molecule has 1 heterocycles. The molecule has 0 saturated carbocycles. The zero-order valence-electron chi connectivity index (χ0n) is 13.3. The summed E-state index contributed by atoms with van der Waals surface area (Å²) in [7, 11) is 0. The summed E-state index contributed by atoms with van der Waals surface area (Å²) >= 11 is 0. The van der Waals surface area contributed by atoms with Crippen LogP contribution >= 0.6 is 0 Å². The van der Waals surface area contributed by atoms with Crippen LogP contribution in [-0.4, -0.2) is 29.5 Å². The Morgan fingerprint density at radius 1 is 1.00 bits per heavy atom. The summed E-state index contributed by atoms with van der Waals surface area (Å²) in [4.78, 5) is 41.3. The van der Waals surface area contributed by atoms with Crippen LogP contribution in [0.5, 0.6) is 5.75 Å². The molecular formula is C19H15NO5. The highest BCUT2D eigenvalue weighted by Gasteiger charge is 2.38. The largest absolute Gasteiger partial charge is 0.490 e. The molecule has 1 aliphatic heterocycles. The van der Waals surface area contributed by atoms with E-state index in [0.29, 0.717) is 23.0 Å². The van der Waals surface area contributed by atoms with Crippen LogP contribution in [0.1, 0.15) is 26.3 Å². The predicted octanol–water partition coefficient (Wildman–Crippen LogP) is 2.55. The summed E-state index contributed by atoms with van der Waals surface area (Å²) in [6.07, 6.45) is 1.56. The lowest BCUT2D eigenvalue weighted by Crippen LogP contribution is -2.33. The fraction of sp³-hybridized carbons (Fsp3) is 0.105. The van der Waals surface area contributed by atoms with Crippen molar-refractivity contribution in [3.05, 3.63) is 77.9 Å². The average Bonchev–Trinajstić information content (AvgIpc) is 2.86. The molecule has 2 aromatic carbocycles. The van der Waals surface area contributed by atoms with Crippen molar-refractivity contribution < 1.29 is 24.0 Å². The zero-order chi connectivity index (χ0) is 17.8. The van der Waals surface area contributed by atoms with Gasteiger partial charge in [0.15, 0.2) is 0 Å². The summed E-state index contributed by atoms with van der Waals surface area (Å²) in [5, 5.41) is 0.508. The van der Waals surface area contributed by atoms with Gasteiger partial charge in [-0.3, -0.25) is 9.59 Å². The molecule has 0 aromatic heterocycles. The Morgan fingerprint density at radius 2 is 1.60 bits per heavy atom. The number of fused-ring (bicyclic) bond motifs is 1. The third kappa shape index (κ3) is 3.42. The van der Waals surface area contributed by atoms with Crippen molar-refractivity contribution in [2.45, 2.75) is 6.42 Å². The first-order chi connectivity index (χ1) is 12.1. The lowest BCUT2D eigenvalue weighted by molar-refractivity contribution is -0.167. The molecule has 0 radical (unpaired) electrons. The monoisotopic (exact) mass is 337 g/mol. The Labute approximate surface area is 144 Å². The van der Waals surface area contributed by atoms with E-state index >= 15 is 0 Å². The van der Waals surface area contributed by atoms with Crippen LogP contribution in [0.4, 0.5) is 0 Å². The van der Waals surface area contributed by atoms with Gasteiger partial charge >= 0.3 is 5.97 Å². The third-order valence-electron chi connectivity index (χ3n) is 3.59. The van der Waals surface area contributed by atoms with Gasteiger partial charge in [0, 0.05) is 0 Å². The van der Waals surface area contributed by atoms with Gasteiger partial charge in [0.2, 0.25) is 0 Å². The molecule has 3 rings (SSSR count). The quantitative estimate of drug-likeness (QED) is 0.598. The summed E-state index contributed by atoms with van der Waals surface area (Å²) in [5.74, 6) is -1.32. The number of hydroxylamine groups is 2. The summed E-state index contributed by atoms with van der Waals surface area (Å²) < 4.78 is 5.35. The van der Waals surface area contributed by atoms with Crippen molar-refractivity contribution >= 4 is 17.8 Å². The first-order valence-electron chi connectivity index (χ1n) is 7.61. The maximum absolute atomic E-state index is 12.1. The minimum absolute atomic E-state index is 0.0743. The van der Waals surface area contributed by atoms with E-state index in [1.807, 2.05) is 0 Å². The van der Waals surface area contributed by atoms with Crippen LogP contribution in [-0.2, 0) is 16.1 Å². The minimum Gasteiger partial charge on any atom is -0.490 e. The number of benzene rings is 2. The maximum Gasteiger partial charge on any atom is 0.337 e. The van der Waals surface area contributed by atoms with Crippen molar-refractivity contribution in [2.24, 2.45) is 0 Å². The molecule has 6 heteroatoms. The van der Waals surface area contributed by atoms with Gasteiger partial charge in [-0.2, -0.15) is 0 Å². The Balaban J connectivity index is 1.63. The van der Waals surface area contributed by atoms with E-state index in [9.17, 15) is 14.4 Å². The van der Waals surface area contributed by atoms with Gasteiger partial charge in [-0.15, -0.1) is 0 Å². The predicted molar refractivity (Wildman–Crippen MR) is 88.9 cm³/mol. The van der Waals surface area contributed by atoms with E-state index in [4.69, 9.17) is 9.57 Å². The van der Waals surface area contributed by atoms with E-state index in [-0.39, 0.29) is 17.5 Å². The summed E-state index contributed by atoms with van der Waals surface area (Å²) in [6.45, 7) is 3.95. The molecule has 0 N–H and O–H groups in total. The highest BCUT2D eigenvalue weighted by molar-refractivity contribution is 6.20. The summed E-state index contributed by atoms with van der Waals surface area (Å²) in [6, 6.07) is 13.2. The second-order valence-corrected chi connectivity index (χ2v) is 5.33. The second-order valence-electron chi connectivity index (χ2n) is 5.33. The Morgan fingerprint density at radius 3 is 2.16 bits per heavy atom. The first kappa shape index (κ1) is 16.4. The molecule has 1 aliphatic rings. The number of rotatable bonds is 6. The molecule has 25 heavy (non-hydrogen) atoms. The highest BCUT2D eigenvalue weighted by atomic mass is 16.7. The van der Waals surface area contributed by atoms with Crippen LogP contribution in [0, 0.1) is 0 Å². The number of imide groups is 1. The highest BCUT2D eigenvalue weighted by Crippen LogP contribution is 2.23. The Kier molecular flexibility index (Phi) is 4.61.